The highest BCUT2D eigenvalue weighted by atomic mass is 15.0. The van der Waals surface area contributed by atoms with E-state index in [0.717, 1.165) is 51.2 Å². The Morgan fingerprint density at radius 2 is 0.847 bits per heavy atom. The second-order valence-corrected chi connectivity index (χ2v) is 21.7. The van der Waals surface area contributed by atoms with Gasteiger partial charge in [0.1, 0.15) is 0 Å². The third-order valence-electron chi connectivity index (χ3n) is 17.8. The average molecular weight is 923 g/mol. The molecule has 0 atom stereocenters. The first-order valence-corrected chi connectivity index (χ1v) is 26.1. The smallest absolute Gasteiger partial charge is 0.164 e. The van der Waals surface area contributed by atoms with Crippen LogP contribution in [0.15, 0.2) is 212 Å². The zero-order valence-electron chi connectivity index (χ0n) is 40.0. The van der Waals surface area contributed by atoms with Crippen molar-refractivity contribution in [3.05, 3.63) is 240 Å². The first kappa shape index (κ1) is 40.5. The molecule has 4 saturated carbocycles. The van der Waals surface area contributed by atoms with Gasteiger partial charge in [-0.3, -0.25) is 0 Å². The van der Waals surface area contributed by atoms with Crippen molar-refractivity contribution in [3.63, 3.8) is 0 Å². The van der Waals surface area contributed by atoms with Crippen molar-refractivity contribution in [1.29, 1.82) is 0 Å². The van der Waals surface area contributed by atoms with E-state index in [-0.39, 0.29) is 0 Å². The first-order chi connectivity index (χ1) is 35.6. The summed E-state index contributed by atoms with van der Waals surface area (Å²) in [5.41, 5.74) is 20.5. The first-order valence-electron chi connectivity index (χ1n) is 26.1. The van der Waals surface area contributed by atoms with E-state index in [1.54, 1.807) is 0 Å². The van der Waals surface area contributed by atoms with Gasteiger partial charge < -0.3 is 4.57 Å². The molecule has 342 valence electrons. The topological polar surface area (TPSA) is 43.6 Å². The van der Waals surface area contributed by atoms with Crippen molar-refractivity contribution in [2.24, 2.45) is 17.8 Å². The molecule has 17 rings (SSSR count). The van der Waals surface area contributed by atoms with Crippen molar-refractivity contribution in [2.45, 2.75) is 49.4 Å². The lowest BCUT2D eigenvalue weighted by Gasteiger charge is -2.57. The molecule has 4 bridgehead atoms. The SMILES string of the molecule is c1ccc(-c2cccc(-n3c4ccccc4c4ccc(-c5nc(-c6ccc(C78CC9CC(CC(C9)C7)C8)cc6)nc(-c6ccc7c(c6)-c6ccccc6C76c7ccccc7-c7ccccc76)n5)cc43)c2)cc1. The fourth-order valence-electron chi connectivity index (χ4n) is 15.3. The summed E-state index contributed by atoms with van der Waals surface area (Å²) in [5.74, 6) is 4.69. The molecular formula is C68H50N4. The number of benzene rings is 9. The third kappa shape index (κ3) is 5.78. The number of rotatable bonds is 6. The zero-order valence-corrected chi connectivity index (χ0v) is 40.0. The summed E-state index contributed by atoms with van der Waals surface area (Å²) in [7, 11) is 0. The monoisotopic (exact) mass is 922 g/mol. The largest absolute Gasteiger partial charge is 0.309 e. The molecule has 2 aromatic heterocycles. The number of nitrogens with zero attached hydrogens (tertiary/aromatic N) is 4. The Kier molecular flexibility index (Phi) is 8.52. The molecule has 4 heteroatoms. The number of aromatic nitrogens is 4. The molecule has 4 fully saturated rings. The second-order valence-electron chi connectivity index (χ2n) is 21.7. The van der Waals surface area contributed by atoms with Gasteiger partial charge >= 0.3 is 0 Å². The number of para-hydroxylation sites is 1. The Morgan fingerprint density at radius 1 is 0.347 bits per heavy atom. The van der Waals surface area contributed by atoms with Crippen LogP contribution in [0.25, 0.3) is 95.0 Å². The normalized spacial score (nSPS) is 20.5. The van der Waals surface area contributed by atoms with Gasteiger partial charge in [0.2, 0.25) is 0 Å². The summed E-state index contributed by atoms with van der Waals surface area (Å²) >= 11 is 0. The minimum atomic E-state index is -0.417. The van der Waals surface area contributed by atoms with E-state index in [2.05, 4.69) is 217 Å². The summed E-state index contributed by atoms with van der Waals surface area (Å²) in [5, 5.41) is 2.40. The molecule has 2 heterocycles. The lowest BCUT2D eigenvalue weighted by atomic mass is 9.48. The average Bonchev–Trinajstić information content (AvgIpc) is 4.04. The van der Waals surface area contributed by atoms with Crippen molar-refractivity contribution in [1.82, 2.24) is 19.5 Å². The summed E-state index contributed by atoms with van der Waals surface area (Å²) in [4.78, 5) is 16.3. The van der Waals surface area contributed by atoms with Gasteiger partial charge in [-0.2, -0.15) is 0 Å². The van der Waals surface area contributed by atoms with E-state index in [0.29, 0.717) is 22.9 Å². The van der Waals surface area contributed by atoms with Crippen LogP contribution in [0.1, 0.15) is 66.3 Å². The summed E-state index contributed by atoms with van der Waals surface area (Å²) < 4.78 is 2.40. The minimum absolute atomic E-state index is 0.315. The number of hydrogen-bond donors (Lipinski definition) is 0. The van der Waals surface area contributed by atoms with Crippen LogP contribution in [-0.4, -0.2) is 19.5 Å². The van der Waals surface area contributed by atoms with E-state index in [4.69, 9.17) is 15.0 Å². The Balaban J connectivity index is 0.878. The molecule has 0 unspecified atom stereocenters. The molecule has 0 aliphatic heterocycles. The lowest BCUT2D eigenvalue weighted by Crippen LogP contribution is -2.48. The maximum absolute atomic E-state index is 5.47. The van der Waals surface area contributed by atoms with Crippen LogP contribution in [0, 0.1) is 17.8 Å². The van der Waals surface area contributed by atoms with Gasteiger partial charge in [-0.25, -0.2) is 15.0 Å². The maximum Gasteiger partial charge on any atom is 0.164 e. The van der Waals surface area contributed by atoms with E-state index < -0.39 is 5.41 Å². The Morgan fingerprint density at radius 3 is 1.51 bits per heavy atom. The molecule has 4 nitrogen and oxygen atoms in total. The Hall–Kier alpha value is -8.21. The van der Waals surface area contributed by atoms with Crippen molar-refractivity contribution < 1.29 is 0 Å². The van der Waals surface area contributed by atoms with Crippen LogP contribution in [0.5, 0.6) is 0 Å². The van der Waals surface area contributed by atoms with E-state index >= 15 is 0 Å². The van der Waals surface area contributed by atoms with Crippen LogP contribution in [0.4, 0.5) is 0 Å². The van der Waals surface area contributed by atoms with Gasteiger partial charge in [0.25, 0.3) is 0 Å². The second kappa shape index (κ2) is 15.2. The summed E-state index contributed by atoms with van der Waals surface area (Å²) in [6.45, 7) is 0. The molecule has 6 aliphatic carbocycles. The van der Waals surface area contributed by atoms with Crippen molar-refractivity contribution >= 4 is 21.8 Å². The molecule has 11 aromatic rings. The molecule has 0 saturated heterocycles. The predicted molar refractivity (Wildman–Crippen MR) is 292 cm³/mol. The molecular weight excluding hydrogens is 873 g/mol. The molecule has 72 heavy (non-hydrogen) atoms. The van der Waals surface area contributed by atoms with E-state index in [1.165, 1.54) is 110 Å². The zero-order chi connectivity index (χ0) is 47.1. The van der Waals surface area contributed by atoms with Crippen LogP contribution < -0.4 is 0 Å². The minimum Gasteiger partial charge on any atom is -0.309 e. The highest BCUT2D eigenvalue weighted by Gasteiger charge is 2.53. The predicted octanol–water partition coefficient (Wildman–Crippen LogP) is 16.4. The van der Waals surface area contributed by atoms with Gasteiger partial charge in [-0.05, 0) is 153 Å². The Bertz CT molecular complexity index is 3950. The van der Waals surface area contributed by atoms with Crippen LogP contribution in [0.3, 0.4) is 0 Å². The lowest BCUT2D eigenvalue weighted by molar-refractivity contribution is -0.00518. The van der Waals surface area contributed by atoms with Crippen molar-refractivity contribution in [3.8, 4) is 73.2 Å². The molecule has 0 N–H and O–H groups in total. The fourth-order valence-corrected chi connectivity index (χ4v) is 15.3. The van der Waals surface area contributed by atoms with Crippen LogP contribution in [-0.2, 0) is 10.8 Å². The standard InChI is InChI=1S/C68H50N4/c1-2-13-45(14-3-1)47-15-12-16-51(36-47)72-62-24-11-7-20-55(62)56-31-27-49(38-63(56)72)66-70-64(46-25-29-50(30-26-46)67-39-42-33-43(40-67)35-44(34-42)41-67)69-65(71-66)48-28-32-61-57(37-48)54-19-6-10-23-60(54)68(61)58-21-8-4-17-52(58)53-18-5-9-22-59(53)68/h1-32,36-38,42-44H,33-35,39-41H2. The molecule has 6 aliphatic rings. The third-order valence-corrected chi connectivity index (χ3v) is 17.8. The molecule has 0 amide bonds. The highest BCUT2D eigenvalue weighted by molar-refractivity contribution is 6.10. The summed E-state index contributed by atoms with van der Waals surface area (Å²) in [6.07, 6.45) is 8.35. The van der Waals surface area contributed by atoms with Crippen molar-refractivity contribution in [2.75, 3.05) is 0 Å². The highest BCUT2D eigenvalue weighted by Crippen LogP contribution is 2.63. The maximum atomic E-state index is 5.47. The van der Waals surface area contributed by atoms with E-state index in [1.807, 2.05) is 0 Å². The van der Waals surface area contributed by atoms with Gasteiger partial charge in [-0.1, -0.05) is 182 Å². The fraction of sp³-hybridized carbons (Fsp3) is 0.162. The van der Waals surface area contributed by atoms with Crippen LogP contribution in [0.2, 0.25) is 0 Å². The number of fused-ring (bicyclic) bond motifs is 13. The van der Waals surface area contributed by atoms with E-state index in [9.17, 15) is 0 Å². The molecule has 0 radical (unpaired) electrons. The molecule has 1 spiro atoms. The van der Waals surface area contributed by atoms with Gasteiger partial charge in [0.15, 0.2) is 17.5 Å². The molecule has 9 aromatic carbocycles. The quantitative estimate of drug-likeness (QED) is 0.167. The van der Waals surface area contributed by atoms with Gasteiger partial charge in [0, 0.05) is 33.2 Å². The summed E-state index contributed by atoms with van der Waals surface area (Å²) in [6, 6.07) is 78.5. The van der Waals surface area contributed by atoms with Gasteiger partial charge in [0.05, 0.1) is 16.4 Å². The van der Waals surface area contributed by atoms with Gasteiger partial charge in [-0.15, -0.1) is 0 Å². The number of hydrogen-bond acceptors (Lipinski definition) is 3. The Labute approximate surface area is 419 Å². The van der Waals surface area contributed by atoms with Crippen LogP contribution >= 0.6 is 0 Å².